The van der Waals surface area contributed by atoms with Crippen LogP contribution in [0.15, 0.2) is 36.7 Å². The van der Waals surface area contributed by atoms with Crippen molar-refractivity contribution in [1.82, 2.24) is 4.98 Å². The standard InChI is InChI=1S/C13H9Cl2NO/c1-8-4-10(7-16-6-8)13(17)9-2-3-11(14)12(15)5-9/h2-7H,1H3. The zero-order valence-corrected chi connectivity index (χ0v) is 10.6. The van der Waals surface area contributed by atoms with Gasteiger partial charge in [-0.15, -0.1) is 0 Å². The van der Waals surface area contributed by atoms with Crippen LogP contribution >= 0.6 is 23.2 Å². The van der Waals surface area contributed by atoms with Crippen LogP contribution in [0.2, 0.25) is 10.0 Å². The van der Waals surface area contributed by atoms with E-state index < -0.39 is 0 Å². The van der Waals surface area contributed by atoms with Gasteiger partial charge in [-0.3, -0.25) is 9.78 Å². The van der Waals surface area contributed by atoms with Crippen molar-refractivity contribution in [2.24, 2.45) is 0 Å². The lowest BCUT2D eigenvalue weighted by atomic mass is 10.0. The maximum atomic E-state index is 12.1. The Hall–Kier alpha value is -1.38. The molecule has 86 valence electrons. The van der Waals surface area contributed by atoms with Crippen LogP contribution < -0.4 is 0 Å². The normalized spacial score (nSPS) is 10.3. The van der Waals surface area contributed by atoms with Crippen molar-refractivity contribution in [2.75, 3.05) is 0 Å². The fourth-order valence-electron chi connectivity index (χ4n) is 1.48. The van der Waals surface area contributed by atoms with Crippen molar-refractivity contribution in [2.45, 2.75) is 6.92 Å². The highest BCUT2D eigenvalue weighted by molar-refractivity contribution is 6.42. The number of rotatable bonds is 2. The Morgan fingerprint density at radius 2 is 1.82 bits per heavy atom. The highest BCUT2D eigenvalue weighted by Crippen LogP contribution is 2.23. The second-order valence-corrected chi connectivity index (χ2v) is 4.52. The molecule has 0 amide bonds. The molecule has 0 aliphatic rings. The topological polar surface area (TPSA) is 30.0 Å². The maximum absolute atomic E-state index is 12.1. The predicted octanol–water partition coefficient (Wildman–Crippen LogP) is 3.93. The summed E-state index contributed by atoms with van der Waals surface area (Å²) in [6.45, 7) is 1.89. The van der Waals surface area contributed by atoms with E-state index in [-0.39, 0.29) is 5.78 Å². The van der Waals surface area contributed by atoms with Gasteiger partial charge in [0.1, 0.15) is 0 Å². The van der Waals surface area contributed by atoms with Crippen LogP contribution in [0.25, 0.3) is 0 Å². The van der Waals surface area contributed by atoms with Gasteiger partial charge in [-0.2, -0.15) is 0 Å². The maximum Gasteiger partial charge on any atom is 0.194 e. The van der Waals surface area contributed by atoms with Gasteiger partial charge in [0.05, 0.1) is 10.0 Å². The van der Waals surface area contributed by atoms with Crippen LogP contribution in [0.1, 0.15) is 21.5 Å². The number of pyridine rings is 1. The van der Waals surface area contributed by atoms with Crippen molar-refractivity contribution in [3.8, 4) is 0 Å². The number of hydrogen-bond acceptors (Lipinski definition) is 2. The number of halogens is 2. The number of aromatic nitrogens is 1. The molecule has 1 aromatic carbocycles. The lowest BCUT2D eigenvalue weighted by molar-refractivity contribution is 0.103. The molecular weight excluding hydrogens is 257 g/mol. The molecule has 0 aliphatic heterocycles. The first kappa shape index (κ1) is 12.1. The minimum absolute atomic E-state index is 0.111. The Morgan fingerprint density at radius 1 is 1.06 bits per heavy atom. The molecule has 0 bridgehead atoms. The fraction of sp³-hybridized carbons (Fsp3) is 0.0769. The summed E-state index contributed by atoms with van der Waals surface area (Å²) in [5.41, 5.74) is 1.99. The first-order valence-corrected chi connectivity index (χ1v) is 5.75. The smallest absolute Gasteiger partial charge is 0.194 e. The highest BCUT2D eigenvalue weighted by Gasteiger charge is 2.11. The lowest BCUT2D eigenvalue weighted by Crippen LogP contribution is -2.02. The summed E-state index contributed by atoms with van der Waals surface area (Å²) in [4.78, 5) is 16.1. The van der Waals surface area contributed by atoms with Crippen LogP contribution in [-0.4, -0.2) is 10.8 Å². The minimum atomic E-state index is -0.111. The van der Waals surface area contributed by atoms with E-state index in [0.29, 0.717) is 21.2 Å². The second-order valence-electron chi connectivity index (χ2n) is 3.71. The molecule has 0 saturated carbocycles. The number of carbonyl (C=O) groups excluding carboxylic acids is 1. The molecule has 4 heteroatoms. The summed E-state index contributed by atoms with van der Waals surface area (Å²) < 4.78 is 0. The summed E-state index contributed by atoms with van der Waals surface area (Å²) >= 11 is 11.7. The molecule has 2 aromatic rings. The summed E-state index contributed by atoms with van der Waals surface area (Å²) in [6, 6.07) is 6.62. The van der Waals surface area contributed by atoms with Crippen molar-refractivity contribution in [3.63, 3.8) is 0 Å². The van der Waals surface area contributed by atoms with E-state index in [1.165, 1.54) is 6.20 Å². The first-order valence-electron chi connectivity index (χ1n) is 4.99. The summed E-state index contributed by atoms with van der Waals surface area (Å²) in [7, 11) is 0. The van der Waals surface area contributed by atoms with Gasteiger partial charge in [-0.1, -0.05) is 23.2 Å². The van der Waals surface area contributed by atoms with E-state index in [0.717, 1.165) is 5.56 Å². The van der Waals surface area contributed by atoms with E-state index in [2.05, 4.69) is 4.98 Å². The molecule has 0 fully saturated rings. The van der Waals surface area contributed by atoms with Gasteiger partial charge in [0, 0.05) is 23.5 Å². The Kier molecular flexibility index (Phi) is 3.46. The molecule has 17 heavy (non-hydrogen) atoms. The molecule has 0 unspecified atom stereocenters. The number of benzene rings is 1. The highest BCUT2D eigenvalue weighted by atomic mass is 35.5. The van der Waals surface area contributed by atoms with E-state index >= 15 is 0 Å². The quantitative estimate of drug-likeness (QED) is 0.771. The zero-order chi connectivity index (χ0) is 12.4. The van der Waals surface area contributed by atoms with Gasteiger partial charge >= 0.3 is 0 Å². The molecule has 2 nitrogen and oxygen atoms in total. The molecule has 0 aliphatic carbocycles. The van der Waals surface area contributed by atoms with E-state index in [1.807, 2.05) is 6.92 Å². The molecule has 0 saturated heterocycles. The van der Waals surface area contributed by atoms with Gasteiger partial charge in [0.25, 0.3) is 0 Å². The number of nitrogens with zero attached hydrogens (tertiary/aromatic N) is 1. The third kappa shape index (κ3) is 2.65. The zero-order valence-electron chi connectivity index (χ0n) is 9.08. The predicted molar refractivity (Wildman–Crippen MR) is 68.9 cm³/mol. The summed E-state index contributed by atoms with van der Waals surface area (Å²) in [6.07, 6.45) is 3.24. The van der Waals surface area contributed by atoms with Crippen molar-refractivity contribution in [1.29, 1.82) is 0 Å². The summed E-state index contributed by atoms with van der Waals surface area (Å²) in [5.74, 6) is -0.111. The third-order valence-electron chi connectivity index (χ3n) is 2.32. The van der Waals surface area contributed by atoms with E-state index in [1.54, 1.807) is 30.5 Å². The monoisotopic (exact) mass is 265 g/mol. The molecule has 0 spiro atoms. The number of aryl methyl sites for hydroxylation is 1. The Bertz CT molecular complexity index is 581. The minimum Gasteiger partial charge on any atom is -0.289 e. The number of hydrogen-bond donors (Lipinski definition) is 0. The van der Waals surface area contributed by atoms with Crippen LogP contribution in [0.4, 0.5) is 0 Å². The Labute approximate surface area is 109 Å². The average molecular weight is 266 g/mol. The molecule has 1 aromatic heterocycles. The lowest BCUT2D eigenvalue weighted by Gasteiger charge is -2.03. The van der Waals surface area contributed by atoms with E-state index in [4.69, 9.17) is 23.2 Å². The Balaban J connectivity index is 2.40. The molecule has 0 radical (unpaired) electrons. The summed E-state index contributed by atoms with van der Waals surface area (Å²) in [5, 5.41) is 0.809. The van der Waals surface area contributed by atoms with Crippen LogP contribution in [-0.2, 0) is 0 Å². The number of carbonyl (C=O) groups is 1. The van der Waals surface area contributed by atoms with Crippen LogP contribution in [0, 0.1) is 6.92 Å². The molecule has 0 atom stereocenters. The Morgan fingerprint density at radius 3 is 2.47 bits per heavy atom. The fourth-order valence-corrected chi connectivity index (χ4v) is 1.78. The molecule has 1 heterocycles. The third-order valence-corrected chi connectivity index (χ3v) is 3.06. The SMILES string of the molecule is Cc1cncc(C(=O)c2ccc(Cl)c(Cl)c2)c1. The molecule has 2 rings (SSSR count). The largest absolute Gasteiger partial charge is 0.289 e. The molecule has 0 N–H and O–H groups in total. The van der Waals surface area contributed by atoms with Crippen LogP contribution in [0.3, 0.4) is 0 Å². The van der Waals surface area contributed by atoms with Gasteiger partial charge in [0.2, 0.25) is 0 Å². The van der Waals surface area contributed by atoms with Gasteiger partial charge < -0.3 is 0 Å². The van der Waals surface area contributed by atoms with Gasteiger partial charge in [0.15, 0.2) is 5.78 Å². The van der Waals surface area contributed by atoms with Crippen LogP contribution in [0.5, 0.6) is 0 Å². The van der Waals surface area contributed by atoms with Crippen molar-refractivity contribution < 1.29 is 4.79 Å². The average Bonchev–Trinajstić information content (AvgIpc) is 2.32. The van der Waals surface area contributed by atoms with Crippen molar-refractivity contribution in [3.05, 3.63) is 63.4 Å². The van der Waals surface area contributed by atoms with E-state index in [9.17, 15) is 4.79 Å². The van der Waals surface area contributed by atoms with Gasteiger partial charge in [-0.05, 0) is 36.8 Å². The van der Waals surface area contributed by atoms with Gasteiger partial charge in [-0.25, -0.2) is 0 Å². The molecular formula is C13H9Cl2NO. The number of ketones is 1. The van der Waals surface area contributed by atoms with Crippen molar-refractivity contribution >= 4 is 29.0 Å². The second kappa shape index (κ2) is 4.86. The first-order chi connectivity index (χ1) is 8.08.